The summed E-state index contributed by atoms with van der Waals surface area (Å²) in [6.45, 7) is 7.71. The summed E-state index contributed by atoms with van der Waals surface area (Å²) in [6.07, 6.45) is 3.30. The number of carbonyl (C=O) groups is 1. The van der Waals surface area contributed by atoms with Crippen molar-refractivity contribution in [1.29, 1.82) is 0 Å². The molecule has 3 aromatic rings. The molecule has 0 saturated carbocycles. The molecule has 1 heterocycles. The van der Waals surface area contributed by atoms with Gasteiger partial charge >= 0.3 is 0 Å². The van der Waals surface area contributed by atoms with Crippen LogP contribution in [0.4, 0.5) is 5.69 Å². The minimum Gasteiger partial charge on any atom is -0.496 e. The predicted octanol–water partition coefficient (Wildman–Crippen LogP) is 6.06. The lowest BCUT2D eigenvalue weighted by Crippen LogP contribution is -2.10. The Morgan fingerprint density at radius 3 is 2.67 bits per heavy atom. The number of amides is 1. The van der Waals surface area contributed by atoms with Crippen LogP contribution in [0.25, 0.3) is 16.5 Å². The molecule has 1 aromatic heterocycles. The van der Waals surface area contributed by atoms with Crippen LogP contribution < -0.4 is 10.1 Å². The highest BCUT2D eigenvalue weighted by Gasteiger charge is 2.17. The summed E-state index contributed by atoms with van der Waals surface area (Å²) in [7, 11) is 1.62. The fraction of sp³-hybridized carbons (Fsp3) is 0.227. The second-order valence-corrected chi connectivity index (χ2v) is 7.01. The zero-order valence-corrected chi connectivity index (χ0v) is 16.8. The smallest absolute Gasteiger partial charge is 0.248 e. The number of benzene rings is 2. The van der Waals surface area contributed by atoms with Gasteiger partial charge in [0.15, 0.2) is 0 Å². The minimum absolute atomic E-state index is 0.221. The number of furan rings is 1. The van der Waals surface area contributed by atoms with Crippen LogP contribution >= 0.6 is 11.6 Å². The van der Waals surface area contributed by atoms with Crippen molar-refractivity contribution in [1.82, 2.24) is 0 Å². The van der Waals surface area contributed by atoms with Crippen molar-refractivity contribution in [3.05, 3.63) is 63.9 Å². The fourth-order valence-electron chi connectivity index (χ4n) is 3.18. The van der Waals surface area contributed by atoms with E-state index >= 15 is 0 Å². The highest BCUT2D eigenvalue weighted by molar-refractivity contribution is 6.31. The maximum Gasteiger partial charge on any atom is 0.248 e. The standard InChI is InChI=1S/C22H22ClNO3/c1-12(9-20(25)24-19-8-6-7-18(23)14(19)3)16-10-17-13(2)11-27-22(17)15(4)21(16)26-5/h6-11H,1-5H3,(H,24,25)/b12-9+. The van der Waals surface area contributed by atoms with E-state index in [4.69, 9.17) is 20.8 Å². The average Bonchev–Trinajstić information content (AvgIpc) is 3.00. The van der Waals surface area contributed by atoms with E-state index in [2.05, 4.69) is 5.32 Å². The Morgan fingerprint density at radius 2 is 1.96 bits per heavy atom. The normalized spacial score (nSPS) is 11.7. The second kappa shape index (κ2) is 7.49. The van der Waals surface area contributed by atoms with Crippen LogP contribution in [0.1, 0.15) is 29.2 Å². The molecule has 0 aliphatic carbocycles. The molecule has 5 heteroatoms. The van der Waals surface area contributed by atoms with Gasteiger partial charge in [-0.2, -0.15) is 0 Å². The van der Waals surface area contributed by atoms with Gasteiger partial charge in [-0.1, -0.05) is 17.7 Å². The Balaban J connectivity index is 1.99. The van der Waals surface area contributed by atoms with Gasteiger partial charge in [-0.3, -0.25) is 4.79 Å². The number of rotatable bonds is 4. The van der Waals surface area contributed by atoms with E-state index in [1.807, 2.05) is 45.9 Å². The number of allylic oxidation sites excluding steroid dienone is 1. The van der Waals surface area contributed by atoms with E-state index in [0.717, 1.165) is 38.8 Å². The van der Waals surface area contributed by atoms with Gasteiger partial charge in [0, 0.05) is 33.3 Å². The van der Waals surface area contributed by atoms with E-state index in [1.165, 1.54) is 0 Å². The first-order chi connectivity index (χ1) is 12.8. The van der Waals surface area contributed by atoms with Gasteiger partial charge in [0.05, 0.1) is 13.4 Å². The highest BCUT2D eigenvalue weighted by Crippen LogP contribution is 2.37. The van der Waals surface area contributed by atoms with E-state index in [0.29, 0.717) is 16.5 Å². The summed E-state index contributed by atoms with van der Waals surface area (Å²) in [5.41, 5.74) is 5.96. The van der Waals surface area contributed by atoms with Crippen molar-refractivity contribution in [2.75, 3.05) is 12.4 Å². The molecule has 0 atom stereocenters. The molecule has 0 spiro atoms. The third-order valence-electron chi connectivity index (χ3n) is 4.74. The van der Waals surface area contributed by atoms with Crippen LogP contribution in [-0.4, -0.2) is 13.0 Å². The molecule has 0 aliphatic heterocycles. The monoisotopic (exact) mass is 383 g/mol. The van der Waals surface area contributed by atoms with Gasteiger partial charge in [-0.15, -0.1) is 0 Å². The van der Waals surface area contributed by atoms with Crippen LogP contribution in [0.3, 0.4) is 0 Å². The van der Waals surface area contributed by atoms with Gasteiger partial charge in [0.25, 0.3) is 0 Å². The van der Waals surface area contributed by atoms with E-state index in [9.17, 15) is 4.79 Å². The van der Waals surface area contributed by atoms with Crippen molar-refractivity contribution in [3.63, 3.8) is 0 Å². The van der Waals surface area contributed by atoms with E-state index < -0.39 is 0 Å². The number of carbonyl (C=O) groups excluding carboxylic acids is 1. The first kappa shape index (κ1) is 19.1. The van der Waals surface area contributed by atoms with Crippen molar-refractivity contribution >= 4 is 39.7 Å². The minimum atomic E-state index is -0.221. The Bertz CT molecular complexity index is 1060. The molecule has 0 bridgehead atoms. The third kappa shape index (κ3) is 3.58. The molecular formula is C22H22ClNO3. The molecule has 0 radical (unpaired) electrons. The number of hydrogen-bond acceptors (Lipinski definition) is 3. The molecule has 0 fully saturated rings. The lowest BCUT2D eigenvalue weighted by Gasteiger charge is -2.13. The largest absolute Gasteiger partial charge is 0.496 e. The Morgan fingerprint density at radius 1 is 1.22 bits per heavy atom. The molecule has 0 unspecified atom stereocenters. The highest BCUT2D eigenvalue weighted by atomic mass is 35.5. The lowest BCUT2D eigenvalue weighted by atomic mass is 9.98. The fourth-order valence-corrected chi connectivity index (χ4v) is 3.35. The van der Waals surface area contributed by atoms with Crippen LogP contribution in [0, 0.1) is 20.8 Å². The number of halogens is 1. The zero-order chi connectivity index (χ0) is 19.7. The molecule has 2 aromatic carbocycles. The molecule has 1 amide bonds. The predicted molar refractivity (Wildman–Crippen MR) is 111 cm³/mol. The first-order valence-corrected chi connectivity index (χ1v) is 9.01. The van der Waals surface area contributed by atoms with Gasteiger partial charge in [-0.05, 0) is 62.6 Å². The SMILES string of the molecule is COc1c(/C(C)=C/C(=O)Nc2cccc(Cl)c2C)cc2c(C)coc2c1C. The Hall–Kier alpha value is -2.72. The van der Waals surface area contributed by atoms with Crippen molar-refractivity contribution < 1.29 is 13.9 Å². The van der Waals surface area contributed by atoms with Crippen LogP contribution in [-0.2, 0) is 4.79 Å². The summed E-state index contributed by atoms with van der Waals surface area (Å²) in [5, 5.41) is 4.52. The number of fused-ring (bicyclic) bond motifs is 1. The topological polar surface area (TPSA) is 51.5 Å². The average molecular weight is 384 g/mol. The summed E-state index contributed by atoms with van der Waals surface area (Å²) >= 11 is 6.12. The van der Waals surface area contributed by atoms with E-state index in [1.54, 1.807) is 25.5 Å². The first-order valence-electron chi connectivity index (χ1n) is 8.63. The third-order valence-corrected chi connectivity index (χ3v) is 5.15. The van der Waals surface area contributed by atoms with Crippen molar-refractivity contribution in [2.45, 2.75) is 27.7 Å². The van der Waals surface area contributed by atoms with Crippen molar-refractivity contribution in [3.8, 4) is 5.75 Å². The Kier molecular flexibility index (Phi) is 5.29. The second-order valence-electron chi connectivity index (χ2n) is 6.61. The van der Waals surface area contributed by atoms with E-state index in [-0.39, 0.29) is 5.91 Å². The maximum absolute atomic E-state index is 12.5. The number of anilines is 1. The lowest BCUT2D eigenvalue weighted by molar-refractivity contribution is -0.111. The molecule has 0 saturated heterocycles. The quantitative estimate of drug-likeness (QED) is 0.557. The number of ether oxygens (including phenoxy) is 1. The molecule has 3 rings (SSSR count). The zero-order valence-electron chi connectivity index (χ0n) is 16.1. The number of hydrogen-bond donors (Lipinski definition) is 1. The maximum atomic E-state index is 12.5. The van der Waals surface area contributed by atoms with Crippen LogP contribution in [0.5, 0.6) is 5.75 Å². The summed E-state index contributed by atoms with van der Waals surface area (Å²) in [4.78, 5) is 12.5. The van der Waals surface area contributed by atoms with Crippen molar-refractivity contribution in [2.24, 2.45) is 0 Å². The molecule has 140 valence electrons. The Labute approximate surface area is 163 Å². The van der Waals surface area contributed by atoms with Gasteiger partial charge in [0.1, 0.15) is 11.3 Å². The molecule has 27 heavy (non-hydrogen) atoms. The van der Waals surface area contributed by atoms with Gasteiger partial charge in [-0.25, -0.2) is 0 Å². The van der Waals surface area contributed by atoms with Gasteiger partial charge < -0.3 is 14.5 Å². The number of aryl methyl sites for hydroxylation is 2. The molecule has 1 N–H and O–H groups in total. The summed E-state index contributed by atoms with van der Waals surface area (Å²) < 4.78 is 11.2. The number of nitrogens with one attached hydrogen (secondary N) is 1. The summed E-state index contributed by atoms with van der Waals surface area (Å²) in [6, 6.07) is 7.44. The molecule has 0 aliphatic rings. The summed E-state index contributed by atoms with van der Waals surface area (Å²) in [5.74, 6) is 0.485. The van der Waals surface area contributed by atoms with Crippen LogP contribution in [0.2, 0.25) is 5.02 Å². The number of methoxy groups -OCH3 is 1. The van der Waals surface area contributed by atoms with Crippen LogP contribution in [0.15, 0.2) is 41.0 Å². The van der Waals surface area contributed by atoms with Gasteiger partial charge in [0.2, 0.25) is 5.91 Å². The molecular weight excluding hydrogens is 362 g/mol. The molecule has 4 nitrogen and oxygen atoms in total.